The van der Waals surface area contributed by atoms with Gasteiger partial charge in [0.25, 0.3) is 0 Å². The van der Waals surface area contributed by atoms with Crippen LogP contribution >= 0.6 is 0 Å². The minimum Gasteiger partial charge on any atom is -0.313 e. The maximum Gasteiger partial charge on any atom is 0.246 e. The minimum atomic E-state index is -3.90. The summed E-state index contributed by atoms with van der Waals surface area (Å²) < 4.78 is 42.0. The predicted molar refractivity (Wildman–Crippen MR) is 115 cm³/mol. The van der Waals surface area contributed by atoms with E-state index in [2.05, 4.69) is 11.4 Å². The summed E-state index contributed by atoms with van der Waals surface area (Å²) in [4.78, 5) is -0.266. The van der Waals surface area contributed by atoms with Crippen LogP contribution in [0.5, 0.6) is 0 Å². The Bertz CT molecular complexity index is 1270. The Morgan fingerprint density at radius 2 is 1.65 bits per heavy atom. The molecule has 1 unspecified atom stereocenters. The molecule has 0 spiro atoms. The van der Waals surface area contributed by atoms with Gasteiger partial charge in [0, 0.05) is 31.1 Å². The Labute approximate surface area is 180 Å². The Balaban J connectivity index is 1.43. The predicted octanol–water partition coefficient (Wildman–Crippen LogP) is 3.49. The first-order valence-electron chi connectivity index (χ1n) is 10.1. The molecule has 2 fully saturated rings. The van der Waals surface area contributed by atoms with Crippen molar-refractivity contribution < 1.29 is 12.8 Å². The molecule has 3 atom stereocenters. The molecule has 31 heavy (non-hydrogen) atoms. The number of fused-ring (bicyclic) bond motifs is 2. The van der Waals surface area contributed by atoms with Crippen molar-refractivity contribution in [1.82, 2.24) is 9.62 Å². The Morgan fingerprint density at radius 3 is 2.32 bits per heavy atom. The molecule has 0 radical (unpaired) electrons. The number of nitrogens with one attached hydrogen (secondary N) is 1. The third-order valence-electron chi connectivity index (χ3n) is 6.20. The van der Waals surface area contributed by atoms with Crippen LogP contribution in [-0.2, 0) is 10.0 Å². The second-order valence-electron chi connectivity index (χ2n) is 7.90. The summed E-state index contributed by atoms with van der Waals surface area (Å²) in [5, 5.41) is 12.4. The van der Waals surface area contributed by atoms with E-state index in [1.807, 2.05) is 42.5 Å². The summed E-state index contributed by atoms with van der Waals surface area (Å²) in [5.74, 6) is -0.664. The molecule has 0 amide bonds. The molecular weight excluding hydrogens is 413 g/mol. The largest absolute Gasteiger partial charge is 0.313 e. The van der Waals surface area contributed by atoms with Gasteiger partial charge in [-0.15, -0.1) is 0 Å². The van der Waals surface area contributed by atoms with Crippen LogP contribution in [0.15, 0.2) is 77.7 Å². The second kappa shape index (κ2) is 7.57. The highest BCUT2D eigenvalue weighted by Gasteiger charge is 2.57. The van der Waals surface area contributed by atoms with Gasteiger partial charge in [-0.05, 0) is 41.0 Å². The summed E-state index contributed by atoms with van der Waals surface area (Å²) in [5.41, 5.74) is 3.64. The third kappa shape index (κ3) is 3.24. The quantitative estimate of drug-likeness (QED) is 0.684. The van der Waals surface area contributed by atoms with E-state index in [1.165, 1.54) is 22.5 Å². The van der Waals surface area contributed by atoms with Gasteiger partial charge < -0.3 is 5.32 Å². The zero-order chi connectivity index (χ0) is 21.6. The third-order valence-corrected chi connectivity index (χ3v) is 8.19. The first-order valence-corrected chi connectivity index (χ1v) is 11.5. The van der Waals surface area contributed by atoms with E-state index in [-0.39, 0.29) is 22.9 Å². The SMILES string of the molecule is N#Cc1cccc(-c2ccc(C3[C@H]4CNC[C@@H]3N4S(=O)(=O)c3ccccc3F)cc2)c1. The van der Waals surface area contributed by atoms with Crippen LogP contribution in [0, 0.1) is 17.1 Å². The van der Waals surface area contributed by atoms with Crippen molar-refractivity contribution in [3.8, 4) is 17.2 Å². The molecule has 7 heteroatoms. The Morgan fingerprint density at radius 1 is 0.935 bits per heavy atom. The highest BCUT2D eigenvalue weighted by atomic mass is 32.2. The van der Waals surface area contributed by atoms with Crippen molar-refractivity contribution in [2.45, 2.75) is 22.9 Å². The number of piperazine rings is 1. The van der Waals surface area contributed by atoms with Crippen LogP contribution in [0.1, 0.15) is 17.0 Å². The first kappa shape index (κ1) is 19.9. The van der Waals surface area contributed by atoms with Crippen LogP contribution < -0.4 is 5.32 Å². The highest BCUT2D eigenvalue weighted by Crippen LogP contribution is 2.46. The number of halogens is 1. The van der Waals surface area contributed by atoms with Gasteiger partial charge in [-0.2, -0.15) is 9.57 Å². The number of sulfonamides is 1. The fourth-order valence-electron chi connectivity index (χ4n) is 4.76. The van der Waals surface area contributed by atoms with Crippen LogP contribution in [0.25, 0.3) is 11.1 Å². The van der Waals surface area contributed by atoms with Gasteiger partial charge in [-0.1, -0.05) is 48.5 Å². The van der Waals surface area contributed by atoms with E-state index in [9.17, 15) is 12.8 Å². The zero-order valence-electron chi connectivity index (χ0n) is 16.6. The van der Waals surface area contributed by atoms with Gasteiger partial charge in [0.2, 0.25) is 10.0 Å². The maximum atomic E-state index is 14.2. The van der Waals surface area contributed by atoms with Gasteiger partial charge in [-0.25, -0.2) is 12.8 Å². The normalized spacial score (nSPS) is 23.0. The molecule has 5 rings (SSSR count). The molecule has 0 aliphatic carbocycles. The van der Waals surface area contributed by atoms with E-state index in [0.29, 0.717) is 18.7 Å². The van der Waals surface area contributed by atoms with Crippen LogP contribution in [0.3, 0.4) is 0 Å². The fourth-order valence-corrected chi connectivity index (χ4v) is 6.68. The van der Waals surface area contributed by atoms with E-state index >= 15 is 0 Å². The standard InChI is InChI=1S/C24H20FN3O2S/c25-20-6-1-2-7-23(20)31(29,30)28-21-14-27-15-22(28)24(21)18-10-8-17(9-11-18)19-5-3-4-16(12-19)13-26/h1-12,21-22,24,27H,14-15H2/t21-,22+,24?. The topological polar surface area (TPSA) is 73.2 Å². The minimum absolute atomic E-state index is 0.0577. The second-order valence-corrected chi connectivity index (χ2v) is 9.71. The summed E-state index contributed by atoms with van der Waals surface area (Å²) in [7, 11) is -3.90. The molecule has 0 aromatic heterocycles. The fraction of sp³-hybridized carbons (Fsp3) is 0.208. The van der Waals surface area contributed by atoms with Crippen molar-refractivity contribution in [2.75, 3.05) is 13.1 Å². The highest BCUT2D eigenvalue weighted by molar-refractivity contribution is 7.89. The molecule has 3 aromatic rings. The number of piperidine rings is 1. The molecule has 2 aliphatic rings. The van der Waals surface area contributed by atoms with Crippen LogP contribution in [0.2, 0.25) is 0 Å². The lowest BCUT2D eigenvalue weighted by molar-refractivity contribution is 0.0368. The smallest absolute Gasteiger partial charge is 0.246 e. The average Bonchev–Trinajstić information content (AvgIpc) is 2.80. The van der Waals surface area contributed by atoms with E-state index in [1.54, 1.807) is 12.1 Å². The first-order chi connectivity index (χ1) is 15.0. The van der Waals surface area contributed by atoms with Crippen molar-refractivity contribution in [3.63, 3.8) is 0 Å². The number of nitrogens with zero attached hydrogens (tertiary/aromatic N) is 2. The number of nitriles is 1. The van der Waals surface area contributed by atoms with Crippen molar-refractivity contribution in [2.24, 2.45) is 0 Å². The number of benzene rings is 3. The van der Waals surface area contributed by atoms with Gasteiger partial charge in [0.1, 0.15) is 10.7 Å². The molecule has 2 aliphatic heterocycles. The van der Waals surface area contributed by atoms with E-state index in [0.717, 1.165) is 16.7 Å². The molecule has 2 heterocycles. The number of hydrogen-bond donors (Lipinski definition) is 1. The summed E-state index contributed by atoms with van der Waals surface area (Å²) >= 11 is 0. The van der Waals surface area contributed by atoms with Crippen LogP contribution in [0.4, 0.5) is 4.39 Å². The molecule has 5 nitrogen and oxygen atoms in total. The number of hydrogen-bond acceptors (Lipinski definition) is 4. The molecule has 156 valence electrons. The molecule has 3 aromatic carbocycles. The van der Waals surface area contributed by atoms with Crippen molar-refractivity contribution in [1.29, 1.82) is 5.26 Å². The summed E-state index contributed by atoms with van der Waals surface area (Å²) in [6.07, 6.45) is 0. The number of rotatable bonds is 4. The van der Waals surface area contributed by atoms with Crippen molar-refractivity contribution >= 4 is 10.0 Å². The van der Waals surface area contributed by atoms with Gasteiger partial charge >= 0.3 is 0 Å². The van der Waals surface area contributed by atoms with E-state index < -0.39 is 15.8 Å². The monoisotopic (exact) mass is 433 g/mol. The lowest BCUT2D eigenvalue weighted by atomic mass is 9.74. The Kier molecular flexibility index (Phi) is 4.86. The van der Waals surface area contributed by atoms with Crippen molar-refractivity contribution in [3.05, 3.63) is 89.7 Å². The van der Waals surface area contributed by atoms with Gasteiger partial charge in [0.15, 0.2) is 0 Å². The molecule has 0 saturated carbocycles. The molecular formula is C24H20FN3O2S. The zero-order valence-corrected chi connectivity index (χ0v) is 17.4. The van der Waals surface area contributed by atoms with Gasteiger partial charge in [0.05, 0.1) is 11.6 Å². The van der Waals surface area contributed by atoms with E-state index in [4.69, 9.17) is 5.26 Å². The lowest BCUT2D eigenvalue weighted by Crippen LogP contribution is -2.73. The molecule has 1 N–H and O–H groups in total. The lowest BCUT2D eigenvalue weighted by Gasteiger charge is -2.57. The average molecular weight is 434 g/mol. The maximum absolute atomic E-state index is 14.2. The molecule has 2 bridgehead atoms. The van der Waals surface area contributed by atoms with Crippen LogP contribution in [-0.4, -0.2) is 37.9 Å². The van der Waals surface area contributed by atoms with Gasteiger partial charge in [-0.3, -0.25) is 0 Å². The summed E-state index contributed by atoms with van der Waals surface area (Å²) in [6, 6.07) is 22.7. The summed E-state index contributed by atoms with van der Waals surface area (Å²) in [6.45, 7) is 1.06. The Hall–Kier alpha value is -3.05. The molecule has 2 saturated heterocycles.